The molecule has 2 aromatic carbocycles. The lowest BCUT2D eigenvalue weighted by molar-refractivity contribution is 0.0950. The summed E-state index contributed by atoms with van der Waals surface area (Å²) in [5.74, 6) is -0.312. The topological polar surface area (TPSA) is 102 Å². The predicted molar refractivity (Wildman–Crippen MR) is 116 cm³/mol. The van der Waals surface area contributed by atoms with Crippen molar-refractivity contribution >= 4 is 50.1 Å². The van der Waals surface area contributed by atoms with E-state index in [9.17, 15) is 13.2 Å². The number of nitrogens with two attached hydrogens (primary N) is 1. The van der Waals surface area contributed by atoms with E-state index in [0.717, 1.165) is 14.8 Å². The van der Waals surface area contributed by atoms with Gasteiger partial charge in [0.25, 0.3) is 5.91 Å². The molecule has 0 saturated heterocycles. The van der Waals surface area contributed by atoms with Gasteiger partial charge in [0.15, 0.2) is 0 Å². The number of halogens is 2. The molecule has 28 heavy (non-hydrogen) atoms. The monoisotopic (exact) mass is 527 g/mol. The Hall–Kier alpha value is -2.01. The molecule has 3 rings (SSSR count). The molecular weight excluding hydrogens is 513 g/mol. The minimum Gasteiger partial charge on any atom is -0.348 e. The van der Waals surface area contributed by atoms with E-state index in [1.807, 2.05) is 24.3 Å². The molecule has 1 aromatic heterocycles. The summed E-state index contributed by atoms with van der Waals surface area (Å²) >= 11 is 8.31. The molecular formula is C19H15ClIN3O3S. The number of rotatable bonds is 5. The summed E-state index contributed by atoms with van der Waals surface area (Å²) < 4.78 is 23.8. The summed E-state index contributed by atoms with van der Waals surface area (Å²) in [5, 5.41) is 8.02. The van der Waals surface area contributed by atoms with Gasteiger partial charge in [-0.05, 0) is 64.6 Å². The molecule has 1 amide bonds. The molecule has 0 aliphatic rings. The first-order chi connectivity index (χ1) is 13.2. The molecule has 6 nitrogen and oxygen atoms in total. The lowest BCUT2D eigenvalue weighted by Gasteiger charge is -2.09. The summed E-state index contributed by atoms with van der Waals surface area (Å²) in [4.78, 5) is 16.6. The van der Waals surface area contributed by atoms with Crippen LogP contribution in [0.2, 0.25) is 5.02 Å². The summed E-state index contributed by atoms with van der Waals surface area (Å²) in [6.45, 7) is 0.140. The molecule has 0 aliphatic heterocycles. The lowest BCUT2D eigenvalue weighted by atomic mass is 10.1. The number of benzene rings is 2. The standard InChI is InChI=1S/C19H15ClIN3O3S/c20-17-9-16(28(22,26)27)7-3-13(17)10-24-19(25)14-4-8-18(23-11-14)12-1-5-15(21)6-2-12/h1-9,11H,10H2,(H,24,25)(H2,22,26,27). The molecule has 144 valence electrons. The SMILES string of the molecule is NS(=O)(=O)c1ccc(CNC(=O)c2ccc(-c3ccc(I)cc3)nc2)c(Cl)c1. The first-order valence-corrected chi connectivity index (χ1v) is 11.1. The average Bonchev–Trinajstić information content (AvgIpc) is 2.67. The molecule has 3 N–H and O–H groups in total. The van der Waals surface area contributed by atoms with E-state index in [4.69, 9.17) is 16.7 Å². The van der Waals surface area contributed by atoms with Crippen LogP contribution in [0.3, 0.4) is 0 Å². The largest absolute Gasteiger partial charge is 0.348 e. The van der Waals surface area contributed by atoms with Gasteiger partial charge in [-0.1, -0.05) is 29.8 Å². The van der Waals surface area contributed by atoms with Gasteiger partial charge in [0.05, 0.1) is 16.2 Å². The number of pyridine rings is 1. The molecule has 0 spiro atoms. The second kappa shape index (κ2) is 8.56. The van der Waals surface area contributed by atoms with E-state index in [2.05, 4.69) is 32.9 Å². The van der Waals surface area contributed by atoms with Gasteiger partial charge in [0, 0.05) is 26.9 Å². The number of sulfonamides is 1. The Morgan fingerprint density at radius 2 is 1.82 bits per heavy atom. The van der Waals surface area contributed by atoms with E-state index in [1.165, 1.54) is 24.4 Å². The highest BCUT2D eigenvalue weighted by molar-refractivity contribution is 14.1. The Morgan fingerprint density at radius 1 is 1.11 bits per heavy atom. The molecule has 0 bridgehead atoms. The number of carbonyl (C=O) groups is 1. The van der Waals surface area contributed by atoms with Crippen LogP contribution < -0.4 is 10.5 Å². The molecule has 0 radical (unpaired) electrons. The number of hydrogen-bond donors (Lipinski definition) is 2. The first kappa shape index (κ1) is 20.7. The van der Waals surface area contributed by atoms with Crippen LogP contribution in [0.15, 0.2) is 65.7 Å². The molecule has 0 saturated carbocycles. The molecule has 0 atom stereocenters. The third kappa shape index (κ3) is 5.07. The number of nitrogens with zero attached hydrogens (tertiary/aromatic N) is 1. The highest BCUT2D eigenvalue weighted by atomic mass is 127. The zero-order valence-electron chi connectivity index (χ0n) is 14.4. The third-order valence-corrected chi connectivity index (χ3v) is 5.94. The first-order valence-electron chi connectivity index (χ1n) is 8.05. The number of hydrogen-bond acceptors (Lipinski definition) is 4. The van der Waals surface area contributed by atoms with Crippen LogP contribution in [0.25, 0.3) is 11.3 Å². The van der Waals surface area contributed by atoms with Crippen molar-refractivity contribution in [3.05, 3.63) is 80.5 Å². The highest BCUT2D eigenvalue weighted by Gasteiger charge is 2.12. The molecule has 0 aliphatic carbocycles. The van der Waals surface area contributed by atoms with Gasteiger partial charge in [-0.25, -0.2) is 13.6 Å². The maximum Gasteiger partial charge on any atom is 0.253 e. The minimum atomic E-state index is -3.83. The van der Waals surface area contributed by atoms with Crippen molar-refractivity contribution in [3.8, 4) is 11.3 Å². The Labute approximate surface area is 181 Å². The number of aromatic nitrogens is 1. The predicted octanol–water partition coefficient (Wildman–Crippen LogP) is 3.58. The van der Waals surface area contributed by atoms with Crippen molar-refractivity contribution in [1.29, 1.82) is 0 Å². The molecule has 0 unspecified atom stereocenters. The zero-order valence-corrected chi connectivity index (χ0v) is 18.1. The normalized spacial score (nSPS) is 11.2. The van der Waals surface area contributed by atoms with E-state index >= 15 is 0 Å². The second-order valence-electron chi connectivity index (χ2n) is 5.92. The fourth-order valence-corrected chi connectivity index (χ4v) is 3.66. The van der Waals surface area contributed by atoms with Gasteiger partial charge < -0.3 is 5.32 Å². The number of primary sulfonamides is 1. The summed E-state index contributed by atoms with van der Waals surface area (Å²) in [7, 11) is -3.83. The van der Waals surface area contributed by atoms with E-state index in [1.54, 1.807) is 12.1 Å². The molecule has 3 aromatic rings. The summed E-state index contributed by atoms with van der Waals surface area (Å²) in [5.41, 5.74) is 2.72. The van der Waals surface area contributed by atoms with E-state index in [-0.39, 0.29) is 22.4 Å². The molecule has 9 heteroatoms. The van der Waals surface area contributed by atoms with Gasteiger partial charge in [0.2, 0.25) is 10.0 Å². The van der Waals surface area contributed by atoms with Crippen LogP contribution >= 0.6 is 34.2 Å². The van der Waals surface area contributed by atoms with Gasteiger partial charge in [-0.15, -0.1) is 0 Å². The number of carbonyl (C=O) groups excluding carboxylic acids is 1. The zero-order chi connectivity index (χ0) is 20.3. The van der Waals surface area contributed by atoms with Gasteiger partial charge in [-0.2, -0.15) is 0 Å². The molecule has 1 heterocycles. The van der Waals surface area contributed by atoms with Crippen LogP contribution in [-0.2, 0) is 16.6 Å². The van der Waals surface area contributed by atoms with Gasteiger partial charge in [-0.3, -0.25) is 9.78 Å². The Kier molecular flexibility index (Phi) is 6.33. The number of amides is 1. The maximum atomic E-state index is 12.3. The van der Waals surface area contributed by atoms with Crippen molar-refractivity contribution in [3.63, 3.8) is 0 Å². The van der Waals surface area contributed by atoms with Crippen molar-refractivity contribution in [2.75, 3.05) is 0 Å². The summed E-state index contributed by atoms with van der Waals surface area (Å²) in [6, 6.07) is 15.5. The van der Waals surface area contributed by atoms with Gasteiger partial charge >= 0.3 is 0 Å². The lowest BCUT2D eigenvalue weighted by Crippen LogP contribution is -2.23. The average molecular weight is 528 g/mol. The minimum absolute atomic E-state index is 0.0806. The van der Waals surface area contributed by atoms with E-state index < -0.39 is 10.0 Å². The molecule has 0 fully saturated rings. The quantitative estimate of drug-likeness (QED) is 0.495. The van der Waals surface area contributed by atoms with Gasteiger partial charge in [0.1, 0.15) is 0 Å². The van der Waals surface area contributed by atoms with Crippen LogP contribution in [0, 0.1) is 3.57 Å². The Balaban J connectivity index is 1.67. The second-order valence-corrected chi connectivity index (χ2v) is 9.13. The fraction of sp³-hybridized carbons (Fsp3) is 0.0526. The third-order valence-electron chi connectivity index (χ3n) is 3.96. The Morgan fingerprint density at radius 3 is 2.39 bits per heavy atom. The highest BCUT2D eigenvalue weighted by Crippen LogP contribution is 2.21. The van der Waals surface area contributed by atoms with Crippen molar-refractivity contribution in [2.45, 2.75) is 11.4 Å². The van der Waals surface area contributed by atoms with E-state index in [0.29, 0.717) is 11.1 Å². The Bertz CT molecular complexity index is 1120. The van der Waals surface area contributed by atoms with Crippen molar-refractivity contribution < 1.29 is 13.2 Å². The maximum absolute atomic E-state index is 12.3. The van der Waals surface area contributed by atoms with Crippen LogP contribution in [0.4, 0.5) is 0 Å². The van der Waals surface area contributed by atoms with Crippen LogP contribution in [0.1, 0.15) is 15.9 Å². The fourth-order valence-electron chi connectivity index (χ4n) is 2.45. The number of nitrogens with one attached hydrogen (secondary N) is 1. The van der Waals surface area contributed by atoms with Crippen LogP contribution in [-0.4, -0.2) is 19.3 Å². The van der Waals surface area contributed by atoms with Crippen molar-refractivity contribution in [2.24, 2.45) is 5.14 Å². The van der Waals surface area contributed by atoms with Crippen molar-refractivity contribution in [1.82, 2.24) is 10.3 Å². The van der Waals surface area contributed by atoms with Crippen LogP contribution in [0.5, 0.6) is 0 Å². The summed E-state index contributed by atoms with van der Waals surface area (Å²) in [6.07, 6.45) is 1.51. The smallest absolute Gasteiger partial charge is 0.253 e.